The molecule has 2 aromatic heterocycles. The van der Waals surface area contributed by atoms with Gasteiger partial charge in [-0.3, -0.25) is 14.3 Å². The second-order valence-electron chi connectivity index (χ2n) is 10.7. The third-order valence-corrected chi connectivity index (χ3v) is 7.79. The highest BCUT2D eigenvalue weighted by Crippen LogP contribution is 2.41. The van der Waals surface area contributed by atoms with Crippen LogP contribution in [0.25, 0.3) is 22.0 Å². The van der Waals surface area contributed by atoms with Gasteiger partial charge in [0.15, 0.2) is 0 Å². The first kappa shape index (κ1) is 30.3. The fraction of sp³-hybridized carbons (Fsp3) is 0.355. The molecule has 0 bridgehead atoms. The average molecular weight is 611 g/mol. The summed E-state index contributed by atoms with van der Waals surface area (Å²) in [7, 11) is 1.88. The number of pyridine rings is 1. The Morgan fingerprint density at radius 1 is 1.02 bits per heavy atom. The predicted octanol–water partition coefficient (Wildman–Crippen LogP) is 5.76. The zero-order valence-electron chi connectivity index (χ0n) is 24.2. The first-order valence-electron chi connectivity index (χ1n) is 13.7. The lowest BCUT2D eigenvalue weighted by Crippen LogP contribution is -2.45. The van der Waals surface area contributed by atoms with Gasteiger partial charge in [-0.25, -0.2) is 4.98 Å². The van der Waals surface area contributed by atoms with E-state index in [1.807, 2.05) is 44.0 Å². The first-order valence-corrected chi connectivity index (χ1v) is 14.1. The van der Waals surface area contributed by atoms with Crippen LogP contribution in [0, 0.1) is 32.1 Å². The van der Waals surface area contributed by atoms with Crippen LogP contribution >= 0.6 is 11.6 Å². The van der Waals surface area contributed by atoms with E-state index < -0.39 is 17.3 Å². The molecule has 0 amide bonds. The maximum absolute atomic E-state index is 14.3. The third kappa shape index (κ3) is 6.17. The molecule has 0 atom stereocenters. The fourth-order valence-electron chi connectivity index (χ4n) is 5.52. The minimum Gasteiger partial charge on any atom is -0.491 e. The van der Waals surface area contributed by atoms with Gasteiger partial charge >= 0.3 is 6.18 Å². The van der Waals surface area contributed by atoms with Crippen molar-refractivity contribution in [2.75, 3.05) is 44.7 Å². The molecule has 4 aromatic rings. The van der Waals surface area contributed by atoms with Crippen molar-refractivity contribution in [1.82, 2.24) is 19.4 Å². The van der Waals surface area contributed by atoms with Crippen molar-refractivity contribution < 1.29 is 17.9 Å². The summed E-state index contributed by atoms with van der Waals surface area (Å²) < 4.78 is 50.3. The summed E-state index contributed by atoms with van der Waals surface area (Å²) in [4.78, 5) is 26.1. The summed E-state index contributed by atoms with van der Waals surface area (Å²) in [6.07, 6.45) is -4.74. The molecule has 5 rings (SSSR count). The molecule has 0 unspecified atom stereocenters. The number of alkyl halides is 3. The van der Waals surface area contributed by atoms with E-state index in [1.165, 1.54) is 9.47 Å². The van der Waals surface area contributed by atoms with Gasteiger partial charge in [-0.1, -0.05) is 11.6 Å². The van der Waals surface area contributed by atoms with E-state index >= 15 is 0 Å². The number of hydrogen-bond donors (Lipinski definition) is 0. The topological polar surface area (TPSA) is 87.3 Å². The predicted molar refractivity (Wildman–Crippen MR) is 160 cm³/mol. The van der Waals surface area contributed by atoms with Crippen molar-refractivity contribution in [3.05, 3.63) is 80.1 Å². The van der Waals surface area contributed by atoms with Gasteiger partial charge in [0.1, 0.15) is 24.3 Å². The SMILES string of the molecule is Cc1cc(-c2cc(Cl)ccc2OCCn2c(C)nc3cc(C(F)(F)F)c(N4CCN(C)CC4)c(C#N)c3c2=O)cc(C)n1. The summed E-state index contributed by atoms with van der Waals surface area (Å²) >= 11 is 6.29. The third-order valence-electron chi connectivity index (χ3n) is 7.55. The van der Waals surface area contributed by atoms with Gasteiger partial charge in [0.25, 0.3) is 5.56 Å². The number of halogens is 4. The van der Waals surface area contributed by atoms with E-state index in [2.05, 4.69) is 9.97 Å². The van der Waals surface area contributed by atoms with E-state index in [1.54, 1.807) is 25.1 Å². The Bertz CT molecular complexity index is 1790. The molecule has 0 radical (unpaired) electrons. The number of piperazine rings is 1. The Hall–Kier alpha value is -4.14. The molecule has 1 aliphatic heterocycles. The van der Waals surface area contributed by atoms with Crippen LogP contribution < -0.4 is 15.2 Å². The van der Waals surface area contributed by atoms with Gasteiger partial charge in [0, 0.05) is 48.2 Å². The van der Waals surface area contributed by atoms with Crippen LogP contribution in [0.1, 0.15) is 28.3 Å². The van der Waals surface area contributed by atoms with Crippen molar-refractivity contribution in [3.63, 3.8) is 0 Å². The largest absolute Gasteiger partial charge is 0.491 e. The molecule has 0 aliphatic carbocycles. The number of anilines is 1. The number of hydrogen-bond acceptors (Lipinski definition) is 7. The molecule has 1 saturated heterocycles. The van der Waals surface area contributed by atoms with Gasteiger partial charge in [0.05, 0.1) is 34.3 Å². The lowest BCUT2D eigenvalue weighted by Gasteiger charge is -2.36. The molecule has 224 valence electrons. The van der Waals surface area contributed by atoms with Gasteiger partial charge in [0.2, 0.25) is 0 Å². The number of aryl methyl sites for hydroxylation is 3. The van der Waals surface area contributed by atoms with Crippen molar-refractivity contribution in [2.24, 2.45) is 0 Å². The Morgan fingerprint density at radius 3 is 2.33 bits per heavy atom. The summed E-state index contributed by atoms with van der Waals surface area (Å²) in [6.45, 7) is 7.09. The van der Waals surface area contributed by atoms with E-state index in [9.17, 15) is 23.2 Å². The van der Waals surface area contributed by atoms with E-state index in [-0.39, 0.29) is 41.1 Å². The smallest absolute Gasteiger partial charge is 0.418 e. The maximum atomic E-state index is 14.3. The first-order chi connectivity index (χ1) is 20.4. The van der Waals surface area contributed by atoms with Gasteiger partial charge in [-0.15, -0.1) is 0 Å². The lowest BCUT2D eigenvalue weighted by molar-refractivity contribution is -0.137. The highest BCUT2D eigenvalue weighted by Gasteiger charge is 2.38. The van der Waals surface area contributed by atoms with Crippen LogP contribution in [0.15, 0.2) is 41.2 Å². The molecule has 8 nitrogen and oxygen atoms in total. The highest BCUT2D eigenvalue weighted by molar-refractivity contribution is 6.31. The number of likely N-dealkylation sites (N-methyl/N-ethyl adjacent to an activating group) is 1. The number of aromatic nitrogens is 3. The Balaban J connectivity index is 1.53. The zero-order chi connectivity index (χ0) is 31.1. The summed E-state index contributed by atoms with van der Waals surface area (Å²) in [5.41, 5.74) is 0.994. The second-order valence-corrected chi connectivity index (χ2v) is 11.1. The molecule has 0 N–H and O–H groups in total. The fourth-order valence-corrected chi connectivity index (χ4v) is 5.69. The molecular formula is C31H30ClF3N6O2. The zero-order valence-corrected chi connectivity index (χ0v) is 25.0. The van der Waals surface area contributed by atoms with Crippen LogP contribution in [0.3, 0.4) is 0 Å². The average Bonchev–Trinajstić information content (AvgIpc) is 2.94. The van der Waals surface area contributed by atoms with Gasteiger partial charge in [-0.2, -0.15) is 18.4 Å². The minimum absolute atomic E-state index is 0.0550. The summed E-state index contributed by atoms with van der Waals surface area (Å²) in [6, 6.07) is 11.9. The molecule has 2 aromatic carbocycles. The number of benzene rings is 2. The van der Waals surface area contributed by atoms with Crippen LogP contribution in [-0.4, -0.2) is 59.3 Å². The lowest BCUT2D eigenvalue weighted by atomic mass is 10.00. The van der Waals surface area contributed by atoms with E-state index in [0.717, 1.165) is 28.6 Å². The van der Waals surface area contributed by atoms with Crippen LogP contribution in [-0.2, 0) is 12.7 Å². The van der Waals surface area contributed by atoms with Crippen molar-refractivity contribution in [1.29, 1.82) is 5.26 Å². The number of ether oxygens (including phenoxy) is 1. The normalized spacial score (nSPS) is 14.3. The van der Waals surface area contributed by atoms with E-state index in [4.69, 9.17) is 16.3 Å². The Kier molecular flexibility index (Phi) is 8.36. The minimum atomic E-state index is -4.74. The van der Waals surface area contributed by atoms with E-state index in [0.29, 0.717) is 37.0 Å². The summed E-state index contributed by atoms with van der Waals surface area (Å²) in [5, 5.41) is 10.5. The van der Waals surface area contributed by atoms with Gasteiger partial charge in [-0.05, 0) is 69.8 Å². The second kappa shape index (κ2) is 11.9. The van der Waals surface area contributed by atoms with Crippen LogP contribution in [0.2, 0.25) is 5.02 Å². The number of fused-ring (bicyclic) bond motifs is 1. The molecule has 1 fully saturated rings. The summed E-state index contributed by atoms with van der Waals surface area (Å²) in [5.74, 6) is 0.751. The van der Waals surface area contributed by atoms with Crippen molar-refractivity contribution in [2.45, 2.75) is 33.5 Å². The van der Waals surface area contributed by atoms with Gasteiger partial charge < -0.3 is 14.5 Å². The Labute approximate surface area is 251 Å². The standard InChI is InChI=1S/C31H30ClF3N6O2/c1-18-13-21(14-19(2)37-18)23-15-22(32)5-6-27(23)43-12-11-41-20(3)38-26-16-25(31(33,34)35)29(24(17-36)28(26)30(41)42)40-9-7-39(4)8-10-40/h5-6,13-16H,7-12H2,1-4H3. The number of nitriles is 1. The molecule has 0 saturated carbocycles. The van der Waals surface area contributed by atoms with Crippen LogP contribution in [0.5, 0.6) is 5.75 Å². The molecule has 1 aliphatic rings. The Morgan fingerprint density at radius 2 is 1.70 bits per heavy atom. The molecule has 0 spiro atoms. The maximum Gasteiger partial charge on any atom is 0.418 e. The monoisotopic (exact) mass is 610 g/mol. The quantitative estimate of drug-likeness (QED) is 0.274. The molecule has 3 heterocycles. The molecule has 12 heteroatoms. The molecule has 43 heavy (non-hydrogen) atoms. The number of nitrogens with zero attached hydrogens (tertiary/aromatic N) is 6. The van der Waals surface area contributed by atoms with Crippen molar-refractivity contribution in [3.8, 4) is 22.9 Å². The highest BCUT2D eigenvalue weighted by atomic mass is 35.5. The molecular weight excluding hydrogens is 581 g/mol. The van der Waals surface area contributed by atoms with Crippen molar-refractivity contribution >= 4 is 28.2 Å². The van der Waals surface area contributed by atoms with Crippen LogP contribution in [0.4, 0.5) is 18.9 Å². The number of rotatable bonds is 6.